The second kappa shape index (κ2) is 5.57. The summed E-state index contributed by atoms with van der Waals surface area (Å²) in [6.07, 6.45) is 3.17. The number of rotatable bonds is 4. The molecule has 18 heavy (non-hydrogen) atoms. The Morgan fingerprint density at radius 3 is 2.50 bits per heavy atom. The van der Waals surface area contributed by atoms with Gasteiger partial charge >= 0.3 is 0 Å². The molecule has 0 aromatic heterocycles. The van der Waals surface area contributed by atoms with Gasteiger partial charge < -0.3 is 15.7 Å². The summed E-state index contributed by atoms with van der Waals surface area (Å²) in [5.74, 6) is 0.632. The molecule has 4 nitrogen and oxygen atoms in total. The zero-order chi connectivity index (χ0) is 14.0. The van der Waals surface area contributed by atoms with E-state index in [1.807, 2.05) is 13.8 Å². The Balaban J connectivity index is 2.60. The summed E-state index contributed by atoms with van der Waals surface area (Å²) in [6, 6.07) is -0.120. The molecule has 2 unspecified atom stereocenters. The van der Waals surface area contributed by atoms with Gasteiger partial charge in [-0.3, -0.25) is 4.79 Å². The maximum Gasteiger partial charge on any atom is 0.237 e. The van der Waals surface area contributed by atoms with Crippen LogP contribution in [0.5, 0.6) is 0 Å². The van der Waals surface area contributed by atoms with Crippen molar-refractivity contribution < 1.29 is 9.90 Å². The fourth-order valence-corrected chi connectivity index (χ4v) is 2.11. The molecule has 1 amide bonds. The lowest BCUT2D eigenvalue weighted by atomic mass is 9.84. The first kappa shape index (κ1) is 15.4. The van der Waals surface area contributed by atoms with E-state index >= 15 is 0 Å². The highest BCUT2D eigenvalue weighted by Crippen LogP contribution is 2.23. The van der Waals surface area contributed by atoms with E-state index in [1.165, 1.54) is 0 Å². The molecule has 1 heterocycles. The van der Waals surface area contributed by atoms with Gasteiger partial charge in [0.2, 0.25) is 5.91 Å². The van der Waals surface area contributed by atoms with Crippen LogP contribution in [0.1, 0.15) is 53.9 Å². The van der Waals surface area contributed by atoms with E-state index in [0.717, 1.165) is 25.8 Å². The molecule has 0 aromatic rings. The van der Waals surface area contributed by atoms with E-state index in [4.69, 9.17) is 0 Å². The molecule has 1 aliphatic rings. The lowest BCUT2D eigenvalue weighted by Crippen LogP contribution is -2.61. The van der Waals surface area contributed by atoms with Gasteiger partial charge in [-0.05, 0) is 53.0 Å². The van der Waals surface area contributed by atoms with Gasteiger partial charge in [-0.1, -0.05) is 13.3 Å². The minimum Gasteiger partial charge on any atom is -0.388 e. The number of amides is 1. The van der Waals surface area contributed by atoms with E-state index in [-0.39, 0.29) is 11.9 Å². The molecule has 1 fully saturated rings. The van der Waals surface area contributed by atoms with Crippen molar-refractivity contribution in [3.63, 3.8) is 0 Å². The van der Waals surface area contributed by atoms with Crippen LogP contribution in [0.25, 0.3) is 0 Å². The van der Waals surface area contributed by atoms with Gasteiger partial charge in [0.15, 0.2) is 0 Å². The third-order valence-corrected chi connectivity index (χ3v) is 4.37. The van der Waals surface area contributed by atoms with E-state index in [1.54, 1.807) is 13.8 Å². The zero-order valence-electron chi connectivity index (χ0n) is 12.3. The van der Waals surface area contributed by atoms with E-state index in [2.05, 4.69) is 17.6 Å². The third-order valence-electron chi connectivity index (χ3n) is 4.37. The Morgan fingerprint density at radius 1 is 1.39 bits per heavy atom. The van der Waals surface area contributed by atoms with Gasteiger partial charge in [0.05, 0.1) is 17.2 Å². The first-order valence-corrected chi connectivity index (χ1v) is 6.95. The molecule has 2 atom stereocenters. The standard InChI is InChI=1S/C14H28N2O2/c1-6-10-7-8-15-11(9-10)12(17)16-13(2,3)14(4,5)18/h10-11,15,18H,6-9H2,1-5H3,(H,16,17). The average molecular weight is 256 g/mol. The molecule has 106 valence electrons. The number of nitrogens with one attached hydrogen (secondary N) is 2. The summed E-state index contributed by atoms with van der Waals surface area (Å²) >= 11 is 0. The van der Waals surface area contributed by atoms with Gasteiger partial charge in [-0.25, -0.2) is 0 Å². The van der Waals surface area contributed by atoms with Crippen LogP contribution < -0.4 is 10.6 Å². The summed E-state index contributed by atoms with van der Waals surface area (Å²) in [5, 5.41) is 16.3. The SMILES string of the molecule is CCC1CCNC(C(=O)NC(C)(C)C(C)(C)O)C1. The van der Waals surface area contributed by atoms with Crippen LogP contribution in [0.2, 0.25) is 0 Å². The number of carbonyl (C=O) groups excluding carboxylic acids is 1. The Kier molecular flexibility index (Phi) is 4.78. The molecule has 4 heteroatoms. The van der Waals surface area contributed by atoms with Crippen molar-refractivity contribution in [3.05, 3.63) is 0 Å². The first-order chi connectivity index (χ1) is 8.17. The number of hydrogen-bond donors (Lipinski definition) is 3. The van der Waals surface area contributed by atoms with Crippen LogP contribution in [0.3, 0.4) is 0 Å². The molecule has 1 saturated heterocycles. The highest BCUT2D eigenvalue weighted by molar-refractivity contribution is 5.82. The summed E-state index contributed by atoms with van der Waals surface area (Å²) in [4.78, 5) is 12.2. The van der Waals surface area contributed by atoms with Crippen molar-refractivity contribution in [1.82, 2.24) is 10.6 Å². The Morgan fingerprint density at radius 2 is 2.00 bits per heavy atom. The molecule has 0 aromatic carbocycles. The largest absolute Gasteiger partial charge is 0.388 e. The molecule has 0 saturated carbocycles. The van der Waals surface area contributed by atoms with Crippen molar-refractivity contribution in [2.45, 2.75) is 71.1 Å². The predicted octanol–water partition coefficient (Wildman–Crippen LogP) is 1.43. The van der Waals surface area contributed by atoms with Crippen LogP contribution in [0.15, 0.2) is 0 Å². The molecular formula is C14H28N2O2. The smallest absolute Gasteiger partial charge is 0.237 e. The van der Waals surface area contributed by atoms with E-state index in [0.29, 0.717) is 5.92 Å². The Bertz CT molecular complexity index is 295. The van der Waals surface area contributed by atoms with Crippen molar-refractivity contribution in [2.24, 2.45) is 5.92 Å². The quantitative estimate of drug-likeness (QED) is 0.713. The highest BCUT2D eigenvalue weighted by atomic mass is 16.3. The van der Waals surface area contributed by atoms with E-state index in [9.17, 15) is 9.90 Å². The molecule has 0 radical (unpaired) electrons. The second-order valence-corrected chi connectivity index (χ2v) is 6.48. The van der Waals surface area contributed by atoms with E-state index < -0.39 is 11.1 Å². The topological polar surface area (TPSA) is 61.4 Å². The molecule has 0 aliphatic carbocycles. The fraction of sp³-hybridized carbons (Fsp3) is 0.929. The number of piperidine rings is 1. The molecule has 3 N–H and O–H groups in total. The first-order valence-electron chi connectivity index (χ1n) is 6.95. The van der Waals surface area contributed by atoms with Gasteiger partial charge in [-0.2, -0.15) is 0 Å². The maximum absolute atomic E-state index is 12.2. The number of hydrogen-bond acceptors (Lipinski definition) is 3. The summed E-state index contributed by atoms with van der Waals surface area (Å²) in [7, 11) is 0. The van der Waals surface area contributed by atoms with Crippen LogP contribution in [0.4, 0.5) is 0 Å². The average Bonchev–Trinajstić information content (AvgIpc) is 2.27. The molecule has 1 aliphatic heterocycles. The minimum absolute atomic E-state index is 0.000255. The summed E-state index contributed by atoms with van der Waals surface area (Å²) in [6.45, 7) is 10.2. The normalized spacial score (nSPS) is 25.9. The predicted molar refractivity (Wildman–Crippen MR) is 73.3 cm³/mol. The lowest BCUT2D eigenvalue weighted by molar-refractivity contribution is -0.129. The zero-order valence-corrected chi connectivity index (χ0v) is 12.3. The summed E-state index contributed by atoms with van der Waals surface area (Å²) in [5.41, 5.74) is -1.58. The van der Waals surface area contributed by atoms with Crippen molar-refractivity contribution in [2.75, 3.05) is 6.54 Å². The second-order valence-electron chi connectivity index (χ2n) is 6.48. The number of carbonyl (C=O) groups is 1. The Hall–Kier alpha value is -0.610. The van der Waals surface area contributed by atoms with Crippen LogP contribution in [0, 0.1) is 5.92 Å². The van der Waals surface area contributed by atoms with Gasteiger partial charge in [0.25, 0.3) is 0 Å². The van der Waals surface area contributed by atoms with Crippen molar-refractivity contribution in [3.8, 4) is 0 Å². The monoisotopic (exact) mass is 256 g/mol. The van der Waals surface area contributed by atoms with Crippen molar-refractivity contribution in [1.29, 1.82) is 0 Å². The van der Waals surface area contributed by atoms with Gasteiger partial charge in [0, 0.05) is 0 Å². The third kappa shape index (κ3) is 3.69. The molecule has 0 spiro atoms. The molecule has 1 rings (SSSR count). The van der Waals surface area contributed by atoms with Crippen LogP contribution >= 0.6 is 0 Å². The highest BCUT2D eigenvalue weighted by Gasteiger charge is 2.38. The van der Waals surface area contributed by atoms with Crippen LogP contribution in [-0.2, 0) is 4.79 Å². The van der Waals surface area contributed by atoms with Gasteiger partial charge in [0.1, 0.15) is 0 Å². The minimum atomic E-state index is -0.943. The van der Waals surface area contributed by atoms with Gasteiger partial charge in [-0.15, -0.1) is 0 Å². The lowest BCUT2D eigenvalue weighted by Gasteiger charge is -2.40. The van der Waals surface area contributed by atoms with Crippen LogP contribution in [-0.4, -0.2) is 34.7 Å². The Labute approximate surface area is 111 Å². The number of aliphatic hydroxyl groups is 1. The molecule has 0 bridgehead atoms. The maximum atomic E-state index is 12.2. The summed E-state index contributed by atoms with van der Waals surface area (Å²) < 4.78 is 0. The van der Waals surface area contributed by atoms with Crippen molar-refractivity contribution >= 4 is 5.91 Å². The fourth-order valence-electron chi connectivity index (χ4n) is 2.11. The molecular weight excluding hydrogens is 228 g/mol.